The van der Waals surface area contributed by atoms with Crippen molar-refractivity contribution in [3.63, 3.8) is 0 Å². The molecule has 1 saturated carbocycles. The largest absolute Gasteiger partial charge is 0.329 e. The molecule has 120 valence electrons. The van der Waals surface area contributed by atoms with E-state index in [-0.39, 0.29) is 0 Å². The molecule has 1 atom stereocenters. The second-order valence-electron chi connectivity index (χ2n) is 6.70. The Bertz CT molecular complexity index is 198. The zero-order valence-electron chi connectivity index (χ0n) is 13.8. The molecule has 2 nitrogen and oxygen atoms in total. The maximum atomic E-state index is 5.95. The molecular formula is C18H38N2. The van der Waals surface area contributed by atoms with Crippen LogP contribution in [0.15, 0.2) is 0 Å². The fraction of sp³-hybridized carbons (Fsp3) is 1.00. The Morgan fingerprint density at radius 1 is 0.900 bits per heavy atom. The molecule has 1 unspecified atom stereocenters. The Labute approximate surface area is 127 Å². The van der Waals surface area contributed by atoms with E-state index < -0.39 is 0 Å². The van der Waals surface area contributed by atoms with Gasteiger partial charge in [-0.2, -0.15) is 0 Å². The first kappa shape index (κ1) is 18.0. The number of unbranched alkanes of at least 4 members (excludes halogenated alkanes) is 6. The van der Waals surface area contributed by atoms with E-state index in [9.17, 15) is 0 Å². The highest BCUT2D eigenvalue weighted by Crippen LogP contribution is 2.18. The minimum atomic E-state index is 0.564. The zero-order chi connectivity index (χ0) is 14.5. The van der Waals surface area contributed by atoms with Crippen molar-refractivity contribution in [1.82, 2.24) is 5.32 Å². The maximum Gasteiger partial charge on any atom is 0.0192 e. The van der Waals surface area contributed by atoms with Gasteiger partial charge in [0.2, 0.25) is 0 Å². The van der Waals surface area contributed by atoms with Crippen molar-refractivity contribution in [3.8, 4) is 0 Å². The van der Waals surface area contributed by atoms with Crippen LogP contribution in [0.5, 0.6) is 0 Å². The van der Waals surface area contributed by atoms with Crippen molar-refractivity contribution in [2.75, 3.05) is 6.54 Å². The van der Waals surface area contributed by atoms with Gasteiger partial charge in [-0.05, 0) is 19.3 Å². The molecule has 0 saturated heterocycles. The van der Waals surface area contributed by atoms with E-state index in [0.717, 1.165) is 12.6 Å². The Morgan fingerprint density at radius 3 is 2.10 bits per heavy atom. The highest BCUT2D eigenvalue weighted by Gasteiger charge is 2.15. The summed E-state index contributed by atoms with van der Waals surface area (Å²) in [7, 11) is 0. The Balaban J connectivity index is 2.03. The molecule has 1 aliphatic carbocycles. The first-order chi connectivity index (χ1) is 9.86. The molecule has 0 radical (unpaired) electrons. The summed E-state index contributed by atoms with van der Waals surface area (Å²) in [5.41, 5.74) is 5.95. The lowest BCUT2D eigenvalue weighted by Gasteiger charge is -2.24. The molecule has 1 aliphatic rings. The minimum absolute atomic E-state index is 0.564. The van der Waals surface area contributed by atoms with Crippen LogP contribution >= 0.6 is 0 Å². The van der Waals surface area contributed by atoms with Gasteiger partial charge in [0.05, 0.1) is 0 Å². The summed E-state index contributed by atoms with van der Waals surface area (Å²) in [6.45, 7) is 3.09. The van der Waals surface area contributed by atoms with Gasteiger partial charge >= 0.3 is 0 Å². The molecule has 0 aliphatic heterocycles. The van der Waals surface area contributed by atoms with Crippen molar-refractivity contribution < 1.29 is 0 Å². The fourth-order valence-electron chi connectivity index (χ4n) is 3.40. The minimum Gasteiger partial charge on any atom is -0.329 e. The molecule has 0 amide bonds. The zero-order valence-corrected chi connectivity index (χ0v) is 13.8. The number of nitrogens with one attached hydrogen (secondary N) is 1. The summed E-state index contributed by atoms with van der Waals surface area (Å²) in [6.07, 6.45) is 19.5. The number of hydrogen-bond donors (Lipinski definition) is 2. The second kappa shape index (κ2) is 12.6. The summed E-state index contributed by atoms with van der Waals surface area (Å²) in [6, 6.07) is 1.31. The van der Waals surface area contributed by atoms with Gasteiger partial charge in [-0.15, -0.1) is 0 Å². The first-order valence-electron chi connectivity index (χ1n) is 9.33. The third kappa shape index (κ3) is 8.97. The Morgan fingerprint density at radius 2 is 1.50 bits per heavy atom. The van der Waals surface area contributed by atoms with Gasteiger partial charge < -0.3 is 11.1 Å². The topological polar surface area (TPSA) is 38.0 Å². The molecule has 20 heavy (non-hydrogen) atoms. The molecule has 0 aromatic carbocycles. The van der Waals surface area contributed by atoms with Gasteiger partial charge in [0.15, 0.2) is 0 Å². The molecule has 2 heteroatoms. The van der Waals surface area contributed by atoms with Crippen LogP contribution in [0.4, 0.5) is 0 Å². The molecular weight excluding hydrogens is 244 g/mol. The van der Waals surface area contributed by atoms with Gasteiger partial charge in [0, 0.05) is 18.6 Å². The van der Waals surface area contributed by atoms with E-state index in [4.69, 9.17) is 5.73 Å². The van der Waals surface area contributed by atoms with Crippen molar-refractivity contribution in [3.05, 3.63) is 0 Å². The second-order valence-corrected chi connectivity index (χ2v) is 6.70. The number of rotatable bonds is 11. The summed E-state index contributed by atoms with van der Waals surface area (Å²) in [5, 5.41) is 3.83. The standard InChI is InChI=1S/C18H38N2/c1-2-3-4-5-6-7-12-15-18(16-19)20-17-13-10-8-9-11-14-17/h17-18,20H,2-16,19H2,1H3. The molecule has 1 fully saturated rings. The Hall–Kier alpha value is -0.0800. The van der Waals surface area contributed by atoms with Crippen LogP contribution in [0, 0.1) is 0 Å². The molecule has 0 heterocycles. The van der Waals surface area contributed by atoms with Gasteiger partial charge in [0.1, 0.15) is 0 Å². The summed E-state index contributed by atoms with van der Waals surface area (Å²) >= 11 is 0. The SMILES string of the molecule is CCCCCCCCCC(CN)NC1CCCCCC1. The molecule has 3 N–H and O–H groups in total. The van der Waals surface area contributed by atoms with Crippen molar-refractivity contribution in [2.45, 2.75) is 109 Å². The van der Waals surface area contributed by atoms with Gasteiger partial charge in [-0.3, -0.25) is 0 Å². The van der Waals surface area contributed by atoms with E-state index in [1.807, 2.05) is 0 Å². The predicted octanol–water partition coefficient (Wildman–Crippen LogP) is 4.77. The van der Waals surface area contributed by atoms with Crippen LogP contribution < -0.4 is 11.1 Å². The van der Waals surface area contributed by atoms with Crippen LogP contribution in [-0.2, 0) is 0 Å². The van der Waals surface area contributed by atoms with Gasteiger partial charge in [0.25, 0.3) is 0 Å². The molecule has 1 rings (SSSR count). The van der Waals surface area contributed by atoms with Crippen LogP contribution in [0.2, 0.25) is 0 Å². The summed E-state index contributed by atoms with van der Waals surface area (Å²) < 4.78 is 0. The van der Waals surface area contributed by atoms with E-state index >= 15 is 0 Å². The third-order valence-electron chi connectivity index (χ3n) is 4.77. The average molecular weight is 283 g/mol. The van der Waals surface area contributed by atoms with E-state index in [1.165, 1.54) is 89.9 Å². The number of hydrogen-bond acceptors (Lipinski definition) is 2. The van der Waals surface area contributed by atoms with E-state index in [2.05, 4.69) is 12.2 Å². The lowest BCUT2D eigenvalue weighted by atomic mass is 10.0. The van der Waals surface area contributed by atoms with Crippen molar-refractivity contribution in [2.24, 2.45) is 5.73 Å². The first-order valence-corrected chi connectivity index (χ1v) is 9.33. The smallest absolute Gasteiger partial charge is 0.0192 e. The highest BCUT2D eigenvalue weighted by molar-refractivity contribution is 4.77. The summed E-state index contributed by atoms with van der Waals surface area (Å²) in [4.78, 5) is 0. The monoisotopic (exact) mass is 282 g/mol. The van der Waals surface area contributed by atoms with Crippen molar-refractivity contribution in [1.29, 1.82) is 0 Å². The lowest BCUT2D eigenvalue weighted by Crippen LogP contribution is -2.42. The third-order valence-corrected chi connectivity index (χ3v) is 4.77. The fourth-order valence-corrected chi connectivity index (χ4v) is 3.40. The van der Waals surface area contributed by atoms with E-state index in [0.29, 0.717) is 6.04 Å². The van der Waals surface area contributed by atoms with Gasteiger partial charge in [-0.25, -0.2) is 0 Å². The predicted molar refractivity (Wildman–Crippen MR) is 90.1 cm³/mol. The van der Waals surface area contributed by atoms with Gasteiger partial charge in [-0.1, -0.05) is 77.6 Å². The molecule has 0 aromatic rings. The Kier molecular flexibility index (Phi) is 11.4. The maximum absolute atomic E-state index is 5.95. The van der Waals surface area contributed by atoms with Crippen LogP contribution in [0.3, 0.4) is 0 Å². The van der Waals surface area contributed by atoms with E-state index in [1.54, 1.807) is 0 Å². The van der Waals surface area contributed by atoms with Crippen LogP contribution in [0.1, 0.15) is 96.8 Å². The lowest BCUT2D eigenvalue weighted by molar-refractivity contribution is 0.372. The van der Waals surface area contributed by atoms with Crippen LogP contribution in [0.25, 0.3) is 0 Å². The molecule has 0 spiro atoms. The molecule has 0 aromatic heterocycles. The highest BCUT2D eigenvalue weighted by atomic mass is 15.0. The summed E-state index contributed by atoms with van der Waals surface area (Å²) in [5.74, 6) is 0. The number of nitrogens with two attached hydrogens (primary N) is 1. The quantitative estimate of drug-likeness (QED) is 0.423. The molecule has 0 bridgehead atoms. The van der Waals surface area contributed by atoms with Crippen LogP contribution in [-0.4, -0.2) is 18.6 Å². The average Bonchev–Trinajstić information content (AvgIpc) is 2.73. The normalized spacial score (nSPS) is 18.9. The van der Waals surface area contributed by atoms with Crippen molar-refractivity contribution >= 4 is 0 Å².